The summed E-state index contributed by atoms with van der Waals surface area (Å²) in [6.07, 6.45) is 3.47. The van der Waals surface area contributed by atoms with E-state index in [-0.39, 0.29) is 6.61 Å². The van der Waals surface area contributed by atoms with Gasteiger partial charge in [-0.2, -0.15) is 0 Å². The average Bonchev–Trinajstić information content (AvgIpc) is 2.04. The molecule has 0 heterocycles. The van der Waals surface area contributed by atoms with Crippen molar-refractivity contribution in [3.05, 3.63) is 0 Å². The topological polar surface area (TPSA) is 55.5 Å². The summed E-state index contributed by atoms with van der Waals surface area (Å²) in [6.45, 7) is 5.10. The zero-order chi connectivity index (χ0) is 9.45. The summed E-state index contributed by atoms with van der Waals surface area (Å²) in [5, 5.41) is 8.79. The molecule has 0 aromatic rings. The van der Waals surface area contributed by atoms with Gasteiger partial charge in [0.2, 0.25) is 0 Å². The lowest BCUT2D eigenvalue weighted by molar-refractivity contribution is 0.0611. The Balaban J connectivity index is 3.19. The van der Waals surface area contributed by atoms with E-state index in [0.717, 1.165) is 13.0 Å². The fourth-order valence-corrected chi connectivity index (χ4v) is 0.805. The maximum absolute atomic E-state index is 8.79. The van der Waals surface area contributed by atoms with E-state index in [0.29, 0.717) is 6.61 Å². The third-order valence-corrected chi connectivity index (χ3v) is 1.69. The molecule has 74 valence electrons. The van der Waals surface area contributed by atoms with Gasteiger partial charge in [-0.25, -0.2) is 0 Å². The Morgan fingerprint density at radius 3 is 2.58 bits per heavy atom. The van der Waals surface area contributed by atoms with E-state index < -0.39 is 5.54 Å². The Hall–Kier alpha value is -0.120. The molecule has 3 heteroatoms. The molecule has 0 bridgehead atoms. The van der Waals surface area contributed by atoms with Crippen molar-refractivity contribution in [1.82, 2.24) is 0 Å². The molecule has 0 saturated carbocycles. The lowest BCUT2D eigenvalue weighted by atomic mass is 10.1. The second-order valence-corrected chi connectivity index (χ2v) is 3.57. The minimum atomic E-state index is -0.577. The van der Waals surface area contributed by atoms with Crippen LogP contribution in [0, 0.1) is 0 Å². The van der Waals surface area contributed by atoms with Crippen molar-refractivity contribution in [1.29, 1.82) is 0 Å². The van der Waals surface area contributed by atoms with Gasteiger partial charge in [0.25, 0.3) is 0 Å². The fourth-order valence-electron chi connectivity index (χ4n) is 0.805. The average molecular weight is 175 g/mol. The Morgan fingerprint density at radius 2 is 2.08 bits per heavy atom. The normalized spacial score (nSPS) is 16.0. The molecule has 0 fully saturated rings. The quantitative estimate of drug-likeness (QED) is 0.565. The van der Waals surface area contributed by atoms with E-state index in [1.165, 1.54) is 12.8 Å². The van der Waals surface area contributed by atoms with Gasteiger partial charge in [-0.05, 0) is 13.3 Å². The summed E-state index contributed by atoms with van der Waals surface area (Å²) in [7, 11) is 0. The van der Waals surface area contributed by atoms with Gasteiger partial charge in [0.15, 0.2) is 0 Å². The van der Waals surface area contributed by atoms with Crippen LogP contribution in [0.2, 0.25) is 0 Å². The molecule has 0 saturated heterocycles. The van der Waals surface area contributed by atoms with Crippen LogP contribution < -0.4 is 5.73 Å². The highest BCUT2D eigenvalue weighted by atomic mass is 16.5. The second-order valence-electron chi connectivity index (χ2n) is 3.57. The van der Waals surface area contributed by atoms with Crippen molar-refractivity contribution in [3.8, 4) is 0 Å². The van der Waals surface area contributed by atoms with Gasteiger partial charge in [0.1, 0.15) is 0 Å². The van der Waals surface area contributed by atoms with Crippen molar-refractivity contribution in [2.24, 2.45) is 5.73 Å². The van der Waals surface area contributed by atoms with Gasteiger partial charge in [-0.3, -0.25) is 0 Å². The van der Waals surface area contributed by atoms with E-state index in [2.05, 4.69) is 6.92 Å². The molecule has 0 aromatic heterocycles. The van der Waals surface area contributed by atoms with Crippen LogP contribution in [0.3, 0.4) is 0 Å². The second kappa shape index (κ2) is 6.40. The summed E-state index contributed by atoms with van der Waals surface area (Å²) < 4.78 is 5.31. The summed E-state index contributed by atoms with van der Waals surface area (Å²) >= 11 is 0. The zero-order valence-electron chi connectivity index (χ0n) is 8.18. The number of aliphatic hydroxyl groups excluding tert-OH is 1. The van der Waals surface area contributed by atoms with Crippen LogP contribution in [-0.2, 0) is 4.74 Å². The molecule has 0 aromatic carbocycles. The molecular weight excluding hydrogens is 154 g/mol. The Kier molecular flexibility index (Phi) is 6.34. The van der Waals surface area contributed by atoms with Crippen LogP contribution in [0.25, 0.3) is 0 Å². The minimum Gasteiger partial charge on any atom is -0.394 e. The van der Waals surface area contributed by atoms with Crippen LogP contribution >= 0.6 is 0 Å². The smallest absolute Gasteiger partial charge is 0.0665 e. The van der Waals surface area contributed by atoms with Crippen LogP contribution in [0.15, 0.2) is 0 Å². The van der Waals surface area contributed by atoms with Gasteiger partial charge < -0.3 is 15.6 Å². The van der Waals surface area contributed by atoms with Crippen LogP contribution in [0.1, 0.15) is 33.1 Å². The molecule has 0 aliphatic carbocycles. The van der Waals surface area contributed by atoms with Gasteiger partial charge >= 0.3 is 0 Å². The van der Waals surface area contributed by atoms with Crippen LogP contribution in [-0.4, -0.2) is 30.5 Å². The van der Waals surface area contributed by atoms with E-state index in [4.69, 9.17) is 15.6 Å². The molecule has 1 unspecified atom stereocenters. The summed E-state index contributed by atoms with van der Waals surface area (Å²) in [6, 6.07) is 0. The number of hydrogen-bond donors (Lipinski definition) is 2. The molecule has 0 aliphatic heterocycles. The van der Waals surface area contributed by atoms with Crippen molar-refractivity contribution in [3.63, 3.8) is 0 Å². The zero-order valence-corrected chi connectivity index (χ0v) is 8.18. The van der Waals surface area contributed by atoms with Crippen molar-refractivity contribution >= 4 is 0 Å². The van der Waals surface area contributed by atoms with Gasteiger partial charge in [0.05, 0.1) is 18.8 Å². The predicted octanol–water partition coefficient (Wildman–Crippen LogP) is 0.903. The number of ether oxygens (including phenoxy) is 1. The first-order chi connectivity index (χ1) is 5.62. The van der Waals surface area contributed by atoms with E-state index >= 15 is 0 Å². The molecule has 12 heavy (non-hydrogen) atoms. The van der Waals surface area contributed by atoms with Gasteiger partial charge in [-0.15, -0.1) is 0 Å². The minimum absolute atomic E-state index is 0.0270. The highest BCUT2D eigenvalue weighted by Gasteiger charge is 2.16. The van der Waals surface area contributed by atoms with E-state index in [9.17, 15) is 0 Å². The third kappa shape index (κ3) is 6.58. The molecule has 0 amide bonds. The first-order valence-electron chi connectivity index (χ1n) is 4.60. The molecule has 3 nitrogen and oxygen atoms in total. The van der Waals surface area contributed by atoms with Crippen molar-refractivity contribution in [2.45, 2.75) is 38.6 Å². The summed E-state index contributed by atoms with van der Waals surface area (Å²) in [5.41, 5.74) is 5.08. The molecule has 3 N–H and O–H groups in total. The third-order valence-electron chi connectivity index (χ3n) is 1.69. The van der Waals surface area contributed by atoms with E-state index in [1.54, 1.807) is 6.92 Å². The number of hydrogen-bond acceptors (Lipinski definition) is 3. The lowest BCUT2D eigenvalue weighted by Gasteiger charge is -2.21. The number of unbranched alkanes of at least 4 members (excludes halogenated alkanes) is 2. The lowest BCUT2D eigenvalue weighted by Crippen LogP contribution is -2.44. The highest BCUT2D eigenvalue weighted by Crippen LogP contribution is 2.00. The Labute approximate surface area is 74.9 Å². The first kappa shape index (κ1) is 11.9. The monoisotopic (exact) mass is 175 g/mol. The fraction of sp³-hybridized carbons (Fsp3) is 1.00. The predicted molar refractivity (Wildman–Crippen MR) is 50.0 cm³/mol. The first-order valence-corrected chi connectivity index (χ1v) is 4.60. The van der Waals surface area contributed by atoms with E-state index in [1.807, 2.05) is 0 Å². The highest BCUT2D eigenvalue weighted by molar-refractivity contribution is 4.76. The Morgan fingerprint density at radius 1 is 1.42 bits per heavy atom. The van der Waals surface area contributed by atoms with Gasteiger partial charge in [0, 0.05) is 6.61 Å². The Bertz CT molecular complexity index is 105. The number of nitrogens with two attached hydrogens (primary N) is 1. The summed E-state index contributed by atoms with van der Waals surface area (Å²) in [4.78, 5) is 0. The number of rotatable bonds is 7. The molecular formula is C9H21NO2. The van der Waals surface area contributed by atoms with Crippen LogP contribution in [0.5, 0.6) is 0 Å². The van der Waals surface area contributed by atoms with Crippen molar-refractivity contribution in [2.75, 3.05) is 19.8 Å². The largest absolute Gasteiger partial charge is 0.394 e. The van der Waals surface area contributed by atoms with Crippen LogP contribution in [0.4, 0.5) is 0 Å². The molecule has 0 aliphatic rings. The SMILES string of the molecule is CCCCCOCC(C)(N)CO. The maximum atomic E-state index is 8.79. The standard InChI is InChI=1S/C9H21NO2/c1-3-4-5-6-12-8-9(2,10)7-11/h11H,3-8,10H2,1-2H3. The summed E-state index contributed by atoms with van der Waals surface area (Å²) in [5.74, 6) is 0. The molecule has 0 rings (SSSR count). The maximum Gasteiger partial charge on any atom is 0.0665 e. The van der Waals surface area contributed by atoms with Crippen molar-refractivity contribution < 1.29 is 9.84 Å². The molecule has 1 atom stereocenters. The van der Waals surface area contributed by atoms with Gasteiger partial charge in [-0.1, -0.05) is 19.8 Å². The molecule has 0 radical (unpaired) electrons. The number of aliphatic hydroxyl groups is 1. The molecule has 0 spiro atoms.